The highest BCUT2D eigenvalue weighted by Gasteiger charge is 2.05. The molecular formula is C19H21N3O2. The fraction of sp³-hybridized carbons (Fsp3) is 0.263. The summed E-state index contributed by atoms with van der Waals surface area (Å²) in [5.41, 5.74) is 4.57. The van der Waals surface area contributed by atoms with Crippen molar-refractivity contribution in [1.29, 1.82) is 5.26 Å². The molecule has 0 heterocycles. The van der Waals surface area contributed by atoms with Crippen molar-refractivity contribution in [2.45, 2.75) is 20.8 Å². The van der Waals surface area contributed by atoms with Gasteiger partial charge in [-0.2, -0.15) is 5.26 Å². The molecule has 0 saturated heterocycles. The average molecular weight is 323 g/mol. The number of ether oxygens (including phenoxy) is 1. The molecule has 5 nitrogen and oxygen atoms in total. The van der Waals surface area contributed by atoms with E-state index in [2.05, 4.69) is 23.6 Å². The number of hydrogen-bond donors (Lipinski definition) is 2. The van der Waals surface area contributed by atoms with Crippen LogP contribution in [0.2, 0.25) is 0 Å². The molecule has 5 heteroatoms. The number of benzene rings is 2. The molecule has 0 radical (unpaired) electrons. The topological polar surface area (TPSA) is 74.2 Å². The van der Waals surface area contributed by atoms with Crippen molar-refractivity contribution in [3.05, 3.63) is 58.7 Å². The summed E-state index contributed by atoms with van der Waals surface area (Å²) in [4.78, 5) is 11.8. The maximum Gasteiger partial charge on any atom is 0.319 e. The van der Waals surface area contributed by atoms with Crippen molar-refractivity contribution in [2.75, 3.05) is 18.5 Å². The molecule has 2 amide bonds. The number of carbonyl (C=O) groups excluding carboxylic acids is 1. The summed E-state index contributed by atoms with van der Waals surface area (Å²) in [7, 11) is 0. The molecule has 2 aromatic carbocycles. The molecule has 0 saturated carbocycles. The molecular weight excluding hydrogens is 302 g/mol. The van der Waals surface area contributed by atoms with Crippen LogP contribution < -0.4 is 15.4 Å². The van der Waals surface area contributed by atoms with E-state index in [0.29, 0.717) is 24.4 Å². The van der Waals surface area contributed by atoms with Crippen molar-refractivity contribution in [2.24, 2.45) is 0 Å². The van der Waals surface area contributed by atoms with E-state index in [1.165, 1.54) is 11.1 Å². The molecule has 0 aliphatic heterocycles. The maximum atomic E-state index is 11.8. The van der Waals surface area contributed by atoms with Gasteiger partial charge in [0.1, 0.15) is 12.4 Å². The Morgan fingerprint density at radius 1 is 1.12 bits per heavy atom. The zero-order chi connectivity index (χ0) is 17.5. The molecule has 0 aliphatic carbocycles. The fourth-order valence-corrected chi connectivity index (χ4v) is 2.26. The number of anilines is 1. The molecule has 0 fully saturated rings. The Kier molecular flexibility index (Phi) is 5.80. The first-order valence-corrected chi connectivity index (χ1v) is 7.75. The summed E-state index contributed by atoms with van der Waals surface area (Å²) < 4.78 is 5.72. The van der Waals surface area contributed by atoms with Crippen LogP contribution in [-0.2, 0) is 0 Å². The van der Waals surface area contributed by atoms with E-state index in [4.69, 9.17) is 10.00 Å². The Morgan fingerprint density at radius 3 is 2.62 bits per heavy atom. The molecule has 0 aliphatic rings. The van der Waals surface area contributed by atoms with Crippen molar-refractivity contribution in [1.82, 2.24) is 5.32 Å². The summed E-state index contributed by atoms with van der Waals surface area (Å²) in [6, 6.07) is 12.6. The molecule has 0 unspecified atom stereocenters. The van der Waals surface area contributed by atoms with Crippen LogP contribution in [-0.4, -0.2) is 19.2 Å². The quantitative estimate of drug-likeness (QED) is 0.824. The number of carbonyl (C=O) groups is 1. The lowest BCUT2D eigenvalue weighted by Gasteiger charge is -2.12. The van der Waals surface area contributed by atoms with Gasteiger partial charge in [-0.25, -0.2) is 4.79 Å². The van der Waals surface area contributed by atoms with Crippen LogP contribution >= 0.6 is 0 Å². The highest BCUT2D eigenvalue weighted by molar-refractivity contribution is 5.89. The minimum Gasteiger partial charge on any atom is -0.491 e. The second-order valence-corrected chi connectivity index (χ2v) is 5.62. The summed E-state index contributed by atoms with van der Waals surface area (Å²) in [6.45, 7) is 6.89. The van der Waals surface area contributed by atoms with Gasteiger partial charge in [-0.15, -0.1) is 0 Å². The van der Waals surface area contributed by atoms with E-state index < -0.39 is 0 Å². The summed E-state index contributed by atoms with van der Waals surface area (Å²) >= 11 is 0. The van der Waals surface area contributed by atoms with Gasteiger partial charge in [0, 0.05) is 5.69 Å². The lowest BCUT2D eigenvalue weighted by Crippen LogP contribution is -2.32. The second kappa shape index (κ2) is 8.02. The van der Waals surface area contributed by atoms with Gasteiger partial charge in [-0.1, -0.05) is 12.1 Å². The molecule has 2 rings (SSSR count). The van der Waals surface area contributed by atoms with Gasteiger partial charge in [0.15, 0.2) is 0 Å². The third kappa shape index (κ3) is 4.75. The highest BCUT2D eigenvalue weighted by atomic mass is 16.5. The third-order valence-electron chi connectivity index (χ3n) is 3.69. The Hall–Kier alpha value is -3.00. The lowest BCUT2D eigenvalue weighted by molar-refractivity contribution is 0.247. The van der Waals surface area contributed by atoms with Gasteiger partial charge in [0.05, 0.1) is 18.2 Å². The minimum atomic E-state index is -0.328. The molecule has 2 aromatic rings. The van der Waals surface area contributed by atoms with Crippen LogP contribution in [0.5, 0.6) is 5.75 Å². The number of nitrogens with zero attached hydrogens (tertiary/aromatic N) is 1. The molecule has 24 heavy (non-hydrogen) atoms. The molecule has 2 N–H and O–H groups in total. The van der Waals surface area contributed by atoms with Crippen LogP contribution in [0.25, 0.3) is 0 Å². The summed E-state index contributed by atoms with van der Waals surface area (Å²) in [6.07, 6.45) is 0. The van der Waals surface area contributed by atoms with Crippen molar-refractivity contribution in [3.8, 4) is 11.8 Å². The minimum absolute atomic E-state index is 0.328. The highest BCUT2D eigenvalue weighted by Crippen LogP contribution is 2.22. The fourth-order valence-electron chi connectivity index (χ4n) is 2.26. The van der Waals surface area contributed by atoms with Crippen LogP contribution in [0.4, 0.5) is 10.5 Å². The van der Waals surface area contributed by atoms with E-state index in [1.54, 1.807) is 24.3 Å². The summed E-state index contributed by atoms with van der Waals surface area (Å²) in [5, 5.41) is 14.3. The number of aryl methyl sites for hydroxylation is 3. The first kappa shape index (κ1) is 17.4. The van der Waals surface area contributed by atoms with Crippen LogP contribution in [0, 0.1) is 32.1 Å². The van der Waals surface area contributed by atoms with E-state index in [-0.39, 0.29) is 6.03 Å². The number of hydrogen-bond acceptors (Lipinski definition) is 3. The van der Waals surface area contributed by atoms with Crippen LogP contribution in [0.1, 0.15) is 22.3 Å². The first-order valence-electron chi connectivity index (χ1n) is 7.75. The number of nitrogens with one attached hydrogen (secondary N) is 2. The normalized spacial score (nSPS) is 9.92. The third-order valence-corrected chi connectivity index (χ3v) is 3.69. The van der Waals surface area contributed by atoms with E-state index in [1.807, 2.05) is 26.0 Å². The number of amides is 2. The van der Waals surface area contributed by atoms with Crippen molar-refractivity contribution < 1.29 is 9.53 Å². The molecule has 0 aromatic heterocycles. The second-order valence-electron chi connectivity index (χ2n) is 5.62. The molecule has 0 spiro atoms. The lowest BCUT2D eigenvalue weighted by atomic mass is 10.1. The standard InChI is InChI=1S/C19H21N3O2/c1-13-9-15(3)18(10-14(13)2)24-8-7-21-19(23)22-17-6-4-5-16(11-17)12-20/h4-6,9-11H,7-8H2,1-3H3,(H2,21,22,23). The predicted molar refractivity (Wildman–Crippen MR) is 94.3 cm³/mol. The Morgan fingerprint density at radius 2 is 1.88 bits per heavy atom. The zero-order valence-corrected chi connectivity index (χ0v) is 14.1. The maximum absolute atomic E-state index is 11.8. The van der Waals surface area contributed by atoms with Gasteiger partial charge in [-0.3, -0.25) is 0 Å². The largest absolute Gasteiger partial charge is 0.491 e. The molecule has 0 atom stereocenters. The van der Waals surface area contributed by atoms with E-state index >= 15 is 0 Å². The monoisotopic (exact) mass is 323 g/mol. The molecule has 124 valence electrons. The molecule has 0 bridgehead atoms. The Bertz CT molecular complexity index is 779. The SMILES string of the molecule is Cc1cc(C)c(OCCNC(=O)Nc2cccc(C#N)c2)cc1C. The number of urea groups is 1. The number of nitriles is 1. The van der Waals surface area contributed by atoms with Gasteiger partial charge >= 0.3 is 6.03 Å². The van der Waals surface area contributed by atoms with E-state index in [9.17, 15) is 4.79 Å². The van der Waals surface area contributed by atoms with Gasteiger partial charge in [0.2, 0.25) is 0 Å². The van der Waals surface area contributed by atoms with Crippen LogP contribution in [0.3, 0.4) is 0 Å². The van der Waals surface area contributed by atoms with Crippen molar-refractivity contribution >= 4 is 11.7 Å². The van der Waals surface area contributed by atoms with Crippen molar-refractivity contribution in [3.63, 3.8) is 0 Å². The Labute approximate surface area is 142 Å². The zero-order valence-electron chi connectivity index (χ0n) is 14.1. The van der Waals surface area contributed by atoms with E-state index in [0.717, 1.165) is 11.3 Å². The Balaban J connectivity index is 1.79. The van der Waals surface area contributed by atoms with Gasteiger partial charge in [-0.05, 0) is 61.7 Å². The van der Waals surface area contributed by atoms with Gasteiger partial charge < -0.3 is 15.4 Å². The predicted octanol–water partition coefficient (Wildman–Crippen LogP) is 3.68. The van der Waals surface area contributed by atoms with Gasteiger partial charge in [0.25, 0.3) is 0 Å². The number of rotatable bonds is 5. The first-order chi connectivity index (χ1) is 11.5. The summed E-state index contributed by atoms with van der Waals surface area (Å²) in [5.74, 6) is 0.835. The van der Waals surface area contributed by atoms with Crippen LogP contribution in [0.15, 0.2) is 36.4 Å². The smallest absolute Gasteiger partial charge is 0.319 e. The average Bonchev–Trinajstić information content (AvgIpc) is 2.56.